The van der Waals surface area contributed by atoms with E-state index < -0.39 is 11.7 Å². The van der Waals surface area contributed by atoms with E-state index in [1.807, 2.05) is 30.5 Å². The lowest BCUT2D eigenvalue weighted by Crippen LogP contribution is -2.36. The van der Waals surface area contributed by atoms with Gasteiger partial charge in [0.1, 0.15) is 5.82 Å². The molecule has 186 valence electrons. The van der Waals surface area contributed by atoms with Crippen LogP contribution in [0.2, 0.25) is 0 Å². The van der Waals surface area contributed by atoms with Crippen molar-refractivity contribution in [2.75, 3.05) is 33.2 Å². The van der Waals surface area contributed by atoms with Gasteiger partial charge in [-0.1, -0.05) is 30.3 Å². The SMILES string of the molecule is COc1cc(C(=O)NC(=NCCc2c[nH]c3ccccc23)Nc2ccccc2F)cc(OC)c1OC. The molecule has 3 N–H and O–H groups in total. The lowest BCUT2D eigenvalue weighted by atomic mass is 10.1. The van der Waals surface area contributed by atoms with Crippen LogP contribution >= 0.6 is 0 Å². The Hall–Kier alpha value is -4.53. The fraction of sp³-hybridized carbons (Fsp3) is 0.185. The van der Waals surface area contributed by atoms with E-state index in [1.165, 1.54) is 39.5 Å². The first-order valence-corrected chi connectivity index (χ1v) is 11.3. The molecule has 8 nitrogen and oxygen atoms in total. The second-order valence-corrected chi connectivity index (χ2v) is 7.81. The van der Waals surface area contributed by atoms with Crippen LogP contribution in [0.25, 0.3) is 10.9 Å². The number of H-pyrrole nitrogens is 1. The Kier molecular flexibility index (Phi) is 7.69. The predicted molar refractivity (Wildman–Crippen MR) is 138 cm³/mol. The molecule has 9 heteroatoms. The molecule has 1 aromatic heterocycles. The second kappa shape index (κ2) is 11.3. The highest BCUT2D eigenvalue weighted by molar-refractivity contribution is 6.10. The van der Waals surface area contributed by atoms with Crippen LogP contribution in [0.3, 0.4) is 0 Å². The number of nitrogens with one attached hydrogen (secondary N) is 3. The van der Waals surface area contributed by atoms with E-state index in [0.29, 0.717) is 30.2 Å². The van der Waals surface area contributed by atoms with Crippen LogP contribution in [-0.4, -0.2) is 44.7 Å². The van der Waals surface area contributed by atoms with Gasteiger partial charge in [0.15, 0.2) is 11.5 Å². The summed E-state index contributed by atoms with van der Waals surface area (Å²) in [5, 5.41) is 6.74. The van der Waals surface area contributed by atoms with E-state index >= 15 is 0 Å². The Balaban J connectivity index is 1.58. The number of rotatable bonds is 8. The maximum Gasteiger partial charge on any atom is 0.258 e. The molecule has 0 saturated heterocycles. The number of ether oxygens (including phenoxy) is 3. The van der Waals surface area contributed by atoms with E-state index in [9.17, 15) is 9.18 Å². The number of methoxy groups -OCH3 is 3. The molecule has 0 aliphatic rings. The minimum atomic E-state index is -0.482. The highest BCUT2D eigenvalue weighted by Gasteiger charge is 2.18. The van der Waals surface area contributed by atoms with Gasteiger partial charge in [0.05, 0.1) is 27.0 Å². The number of nitrogens with zero attached hydrogens (tertiary/aromatic N) is 1. The third-order valence-corrected chi connectivity index (χ3v) is 5.61. The third kappa shape index (κ3) is 5.41. The van der Waals surface area contributed by atoms with E-state index in [2.05, 4.69) is 20.6 Å². The predicted octanol–water partition coefficient (Wildman–Crippen LogP) is 4.77. The summed E-state index contributed by atoms with van der Waals surface area (Å²) in [6, 6.07) is 17.2. The average molecular weight is 491 g/mol. The zero-order valence-electron chi connectivity index (χ0n) is 20.2. The minimum Gasteiger partial charge on any atom is -0.493 e. The van der Waals surface area contributed by atoms with Crippen molar-refractivity contribution >= 4 is 28.5 Å². The van der Waals surface area contributed by atoms with Gasteiger partial charge >= 0.3 is 0 Å². The van der Waals surface area contributed by atoms with Gasteiger partial charge in [0.25, 0.3) is 5.91 Å². The third-order valence-electron chi connectivity index (χ3n) is 5.61. The Bertz CT molecular complexity index is 1370. The monoisotopic (exact) mass is 490 g/mol. The molecule has 0 atom stereocenters. The van der Waals surface area contributed by atoms with Crippen LogP contribution < -0.4 is 24.8 Å². The minimum absolute atomic E-state index is 0.110. The molecule has 3 aromatic carbocycles. The molecule has 0 fully saturated rings. The lowest BCUT2D eigenvalue weighted by Gasteiger charge is -2.15. The van der Waals surface area contributed by atoms with Gasteiger partial charge in [-0.15, -0.1) is 0 Å². The number of aromatic nitrogens is 1. The molecule has 4 rings (SSSR count). The number of para-hydroxylation sites is 2. The number of fused-ring (bicyclic) bond motifs is 1. The van der Waals surface area contributed by atoms with Crippen LogP contribution in [0.1, 0.15) is 15.9 Å². The first-order chi connectivity index (χ1) is 17.5. The Morgan fingerprint density at radius 3 is 2.36 bits per heavy atom. The van der Waals surface area contributed by atoms with Gasteiger partial charge < -0.3 is 24.5 Å². The topological polar surface area (TPSA) is 97.0 Å². The van der Waals surface area contributed by atoms with Gasteiger partial charge in [-0.25, -0.2) is 4.39 Å². The number of amides is 1. The Morgan fingerprint density at radius 1 is 0.972 bits per heavy atom. The summed E-state index contributed by atoms with van der Waals surface area (Å²) >= 11 is 0. The zero-order chi connectivity index (χ0) is 25.5. The van der Waals surface area contributed by atoms with Gasteiger partial charge in [0, 0.05) is 29.2 Å². The van der Waals surface area contributed by atoms with Crippen molar-refractivity contribution < 1.29 is 23.4 Å². The molecule has 1 heterocycles. The fourth-order valence-corrected chi connectivity index (χ4v) is 3.82. The normalized spacial score (nSPS) is 11.3. The largest absolute Gasteiger partial charge is 0.493 e. The van der Waals surface area contributed by atoms with E-state index in [1.54, 1.807) is 18.2 Å². The number of guanidine groups is 1. The van der Waals surface area contributed by atoms with Crippen LogP contribution in [0.4, 0.5) is 10.1 Å². The van der Waals surface area contributed by atoms with Crippen molar-refractivity contribution in [2.24, 2.45) is 4.99 Å². The first-order valence-electron chi connectivity index (χ1n) is 11.3. The number of halogens is 1. The van der Waals surface area contributed by atoms with E-state index in [0.717, 1.165) is 16.5 Å². The van der Waals surface area contributed by atoms with Crippen molar-refractivity contribution in [1.82, 2.24) is 10.3 Å². The van der Waals surface area contributed by atoms with E-state index in [-0.39, 0.29) is 17.2 Å². The Morgan fingerprint density at radius 2 is 1.67 bits per heavy atom. The number of carbonyl (C=O) groups is 1. The quantitative estimate of drug-likeness (QED) is 0.244. The van der Waals surface area contributed by atoms with Crippen LogP contribution in [-0.2, 0) is 6.42 Å². The highest BCUT2D eigenvalue weighted by atomic mass is 19.1. The highest BCUT2D eigenvalue weighted by Crippen LogP contribution is 2.38. The number of aliphatic imine (C=N–C) groups is 1. The molecule has 0 aliphatic heterocycles. The number of carbonyl (C=O) groups excluding carboxylic acids is 1. The maximum atomic E-state index is 14.3. The molecule has 0 aliphatic carbocycles. The zero-order valence-corrected chi connectivity index (χ0v) is 20.2. The number of hydrogen-bond donors (Lipinski definition) is 3. The summed E-state index contributed by atoms with van der Waals surface area (Å²) in [6.45, 7) is 0.355. The van der Waals surface area contributed by atoms with Crippen LogP contribution in [0.15, 0.2) is 71.9 Å². The van der Waals surface area contributed by atoms with Crippen molar-refractivity contribution in [3.8, 4) is 17.2 Å². The summed E-state index contributed by atoms with van der Waals surface area (Å²) in [6.07, 6.45) is 2.56. The van der Waals surface area contributed by atoms with Crippen LogP contribution in [0.5, 0.6) is 17.2 Å². The second-order valence-electron chi connectivity index (χ2n) is 7.81. The van der Waals surface area contributed by atoms with Gasteiger partial charge in [-0.2, -0.15) is 0 Å². The average Bonchev–Trinajstić information content (AvgIpc) is 3.32. The van der Waals surface area contributed by atoms with E-state index in [4.69, 9.17) is 14.2 Å². The summed E-state index contributed by atoms with van der Waals surface area (Å²) < 4.78 is 30.3. The summed E-state index contributed by atoms with van der Waals surface area (Å²) in [4.78, 5) is 20.9. The smallest absolute Gasteiger partial charge is 0.258 e. The van der Waals surface area contributed by atoms with Gasteiger partial charge in [0.2, 0.25) is 11.7 Å². The number of benzene rings is 3. The van der Waals surface area contributed by atoms with Crippen LogP contribution in [0, 0.1) is 5.82 Å². The fourth-order valence-electron chi connectivity index (χ4n) is 3.82. The van der Waals surface area contributed by atoms with Crippen molar-refractivity contribution in [3.63, 3.8) is 0 Å². The molecular weight excluding hydrogens is 463 g/mol. The number of anilines is 1. The molecule has 4 aromatic rings. The van der Waals surface area contributed by atoms with Gasteiger partial charge in [-0.3, -0.25) is 15.1 Å². The van der Waals surface area contributed by atoms with Gasteiger partial charge in [-0.05, 0) is 42.3 Å². The summed E-state index contributed by atoms with van der Waals surface area (Å²) in [7, 11) is 4.42. The standard InChI is InChI=1S/C27H27FN4O4/c1-34-23-14-18(15-24(35-2)25(23)36-3)26(33)32-27(31-22-11-7-5-9-20(22)28)29-13-12-17-16-30-21-10-6-4-8-19(17)21/h4-11,14-16,30H,12-13H2,1-3H3,(H2,29,31,32,33). The molecule has 0 saturated carbocycles. The summed E-state index contributed by atoms with van der Waals surface area (Å²) in [5.41, 5.74) is 2.57. The molecule has 0 bridgehead atoms. The molecule has 1 amide bonds. The van der Waals surface area contributed by atoms with Crippen molar-refractivity contribution in [3.05, 3.63) is 83.8 Å². The molecular formula is C27H27FN4O4. The summed E-state index contributed by atoms with van der Waals surface area (Å²) in [5.74, 6) is 0.198. The first kappa shape index (κ1) is 24.6. The Labute approximate surface area is 208 Å². The van der Waals surface area contributed by atoms with Crippen molar-refractivity contribution in [1.29, 1.82) is 0 Å². The maximum absolute atomic E-state index is 14.3. The lowest BCUT2D eigenvalue weighted by molar-refractivity contribution is 0.0976. The molecule has 0 spiro atoms. The van der Waals surface area contributed by atoms with Crippen molar-refractivity contribution in [2.45, 2.75) is 6.42 Å². The number of aromatic amines is 1. The number of hydrogen-bond acceptors (Lipinski definition) is 5. The molecule has 0 radical (unpaired) electrons. The molecule has 0 unspecified atom stereocenters. The molecule has 36 heavy (non-hydrogen) atoms.